The average molecular weight is 327 g/mol. The number of amides is 2. The lowest BCUT2D eigenvalue weighted by molar-refractivity contribution is -0.119. The number of primary amides is 1. The van der Waals surface area contributed by atoms with Crippen LogP contribution in [0.25, 0.3) is 11.3 Å². The van der Waals surface area contributed by atoms with E-state index in [0.717, 1.165) is 36.8 Å². The molecule has 0 aliphatic heterocycles. The van der Waals surface area contributed by atoms with Crippen molar-refractivity contribution < 1.29 is 14.1 Å². The molecule has 0 saturated heterocycles. The van der Waals surface area contributed by atoms with Crippen LogP contribution in [0.3, 0.4) is 0 Å². The molecule has 126 valence electrons. The van der Waals surface area contributed by atoms with Crippen molar-refractivity contribution in [2.45, 2.75) is 38.6 Å². The summed E-state index contributed by atoms with van der Waals surface area (Å²) in [4.78, 5) is 25.6. The Morgan fingerprint density at radius 3 is 2.54 bits per heavy atom. The van der Waals surface area contributed by atoms with Crippen LogP contribution < -0.4 is 5.73 Å². The van der Waals surface area contributed by atoms with E-state index in [2.05, 4.69) is 5.16 Å². The van der Waals surface area contributed by atoms with Gasteiger partial charge in [-0.15, -0.1) is 0 Å². The molecule has 1 fully saturated rings. The fourth-order valence-corrected chi connectivity index (χ4v) is 3.13. The number of nitrogens with zero attached hydrogens (tertiary/aromatic N) is 2. The minimum Gasteiger partial charge on any atom is -0.368 e. The van der Waals surface area contributed by atoms with Gasteiger partial charge in [0.05, 0.1) is 0 Å². The van der Waals surface area contributed by atoms with Gasteiger partial charge in [-0.25, -0.2) is 0 Å². The Morgan fingerprint density at radius 1 is 1.25 bits per heavy atom. The van der Waals surface area contributed by atoms with Gasteiger partial charge < -0.3 is 15.2 Å². The first-order chi connectivity index (χ1) is 11.5. The van der Waals surface area contributed by atoms with Gasteiger partial charge in [0.2, 0.25) is 11.7 Å². The van der Waals surface area contributed by atoms with Gasteiger partial charge in [-0.3, -0.25) is 9.59 Å². The second-order valence-electron chi connectivity index (χ2n) is 6.28. The van der Waals surface area contributed by atoms with Gasteiger partial charge in [-0.05, 0) is 19.8 Å². The Bertz CT molecular complexity index is 730. The number of aryl methyl sites for hydroxylation is 1. The van der Waals surface area contributed by atoms with E-state index in [1.54, 1.807) is 6.07 Å². The van der Waals surface area contributed by atoms with Crippen molar-refractivity contribution in [1.29, 1.82) is 0 Å². The zero-order valence-corrected chi connectivity index (χ0v) is 13.7. The first kappa shape index (κ1) is 16.2. The molecule has 1 saturated carbocycles. The highest BCUT2D eigenvalue weighted by Gasteiger charge is 2.30. The standard InChI is InChI=1S/C18H21N3O3/c1-12-6-8-13(9-7-12)15-10-16(24-20-15)18(23)21(11-17(19)22)14-4-2-3-5-14/h6-10,14H,2-5,11H2,1H3,(H2,19,22). The number of nitrogens with two attached hydrogens (primary N) is 1. The van der Waals surface area contributed by atoms with Crippen LogP contribution in [0.2, 0.25) is 0 Å². The Labute approximate surface area is 140 Å². The van der Waals surface area contributed by atoms with Crippen LogP contribution in [-0.2, 0) is 4.79 Å². The SMILES string of the molecule is Cc1ccc(-c2cc(C(=O)N(CC(N)=O)C3CCCC3)on2)cc1. The molecule has 1 aliphatic carbocycles. The summed E-state index contributed by atoms with van der Waals surface area (Å²) < 4.78 is 5.24. The average Bonchev–Trinajstić information content (AvgIpc) is 3.24. The summed E-state index contributed by atoms with van der Waals surface area (Å²) in [5.41, 5.74) is 7.93. The van der Waals surface area contributed by atoms with E-state index in [9.17, 15) is 9.59 Å². The zero-order chi connectivity index (χ0) is 17.1. The van der Waals surface area contributed by atoms with Gasteiger partial charge in [-0.1, -0.05) is 47.8 Å². The summed E-state index contributed by atoms with van der Waals surface area (Å²) in [6.45, 7) is 1.91. The van der Waals surface area contributed by atoms with E-state index in [1.165, 1.54) is 4.90 Å². The van der Waals surface area contributed by atoms with Gasteiger partial charge >= 0.3 is 0 Å². The molecule has 3 rings (SSSR count). The van der Waals surface area contributed by atoms with Gasteiger partial charge in [-0.2, -0.15) is 0 Å². The van der Waals surface area contributed by atoms with Crippen molar-refractivity contribution in [2.24, 2.45) is 5.73 Å². The van der Waals surface area contributed by atoms with Crippen molar-refractivity contribution in [3.63, 3.8) is 0 Å². The third kappa shape index (κ3) is 3.48. The molecule has 2 aromatic rings. The fraction of sp³-hybridized carbons (Fsp3) is 0.389. The highest BCUT2D eigenvalue weighted by Crippen LogP contribution is 2.26. The number of carbonyl (C=O) groups excluding carboxylic acids is 2. The van der Waals surface area contributed by atoms with E-state index in [-0.39, 0.29) is 24.3 Å². The van der Waals surface area contributed by atoms with Gasteiger partial charge in [0, 0.05) is 17.7 Å². The van der Waals surface area contributed by atoms with Gasteiger partial charge in [0.1, 0.15) is 12.2 Å². The molecule has 1 heterocycles. The van der Waals surface area contributed by atoms with E-state index >= 15 is 0 Å². The number of hydrogen-bond donors (Lipinski definition) is 1. The second-order valence-corrected chi connectivity index (χ2v) is 6.28. The first-order valence-corrected chi connectivity index (χ1v) is 8.17. The summed E-state index contributed by atoms with van der Waals surface area (Å²) in [6.07, 6.45) is 3.88. The van der Waals surface area contributed by atoms with Crippen molar-refractivity contribution in [1.82, 2.24) is 10.1 Å². The Balaban J connectivity index is 1.82. The first-order valence-electron chi connectivity index (χ1n) is 8.17. The number of benzene rings is 1. The van der Waals surface area contributed by atoms with Gasteiger partial charge in [0.25, 0.3) is 5.91 Å². The molecule has 6 nitrogen and oxygen atoms in total. The monoisotopic (exact) mass is 327 g/mol. The number of hydrogen-bond acceptors (Lipinski definition) is 4. The van der Waals surface area contributed by atoms with Gasteiger partial charge in [0.15, 0.2) is 0 Å². The molecule has 6 heteroatoms. The minimum atomic E-state index is -0.520. The zero-order valence-electron chi connectivity index (χ0n) is 13.7. The Hall–Kier alpha value is -2.63. The summed E-state index contributed by atoms with van der Waals surface area (Å²) in [5, 5.41) is 3.99. The largest absolute Gasteiger partial charge is 0.368 e. The maximum atomic E-state index is 12.8. The molecule has 2 amide bonds. The summed E-state index contributed by atoms with van der Waals surface area (Å²) in [5.74, 6) is -0.709. The van der Waals surface area contributed by atoms with E-state index in [0.29, 0.717) is 5.69 Å². The molecule has 0 atom stereocenters. The molecule has 1 aromatic carbocycles. The van der Waals surface area contributed by atoms with Crippen molar-refractivity contribution in [2.75, 3.05) is 6.54 Å². The van der Waals surface area contributed by atoms with Crippen LogP contribution in [0.15, 0.2) is 34.9 Å². The predicted octanol–water partition coefficient (Wildman–Crippen LogP) is 2.52. The second kappa shape index (κ2) is 6.86. The van der Waals surface area contributed by atoms with Crippen LogP contribution in [0.5, 0.6) is 0 Å². The lowest BCUT2D eigenvalue weighted by Crippen LogP contribution is -2.44. The smallest absolute Gasteiger partial charge is 0.293 e. The number of rotatable bonds is 5. The molecule has 2 N–H and O–H groups in total. The molecule has 0 radical (unpaired) electrons. The molecule has 0 spiro atoms. The molecular formula is C18H21N3O3. The highest BCUT2D eigenvalue weighted by atomic mass is 16.5. The Morgan fingerprint density at radius 2 is 1.92 bits per heavy atom. The van der Waals surface area contributed by atoms with E-state index in [4.69, 9.17) is 10.3 Å². The summed E-state index contributed by atoms with van der Waals surface area (Å²) >= 11 is 0. The summed E-state index contributed by atoms with van der Waals surface area (Å²) in [7, 11) is 0. The lowest BCUT2D eigenvalue weighted by atomic mass is 10.1. The molecule has 1 aromatic heterocycles. The molecule has 1 aliphatic rings. The fourth-order valence-electron chi connectivity index (χ4n) is 3.13. The third-order valence-electron chi connectivity index (χ3n) is 4.42. The maximum Gasteiger partial charge on any atom is 0.293 e. The lowest BCUT2D eigenvalue weighted by Gasteiger charge is -2.26. The Kier molecular flexibility index (Phi) is 4.64. The van der Waals surface area contributed by atoms with Crippen molar-refractivity contribution in [3.8, 4) is 11.3 Å². The van der Waals surface area contributed by atoms with Crippen LogP contribution in [0.4, 0.5) is 0 Å². The molecule has 0 bridgehead atoms. The van der Waals surface area contributed by atoms with Crippen LogP contribution in [-0.4, -0.2) is 34.5 Å². The van der Waals surface area contributed by atoms with E-state index < -0.39 is 5.91 Å². The quantitative estimate of drug-likeness (QED) is 0.913. The number of carbonyl (C=O) groups is 2. The molecular weight excluding hydrogens is 306 g/mol. The van der Waals surface area contributed by atoms with Crippen molar-refractivity contribution >= 4 is 11.8 Å². The number of aromatic nitrogens is 1. The summed E-state index contributed by atoms with van der Waals surface area (Å²) in [6, 6.07) is 9.47. The van der Waals surface area contributed by atoms with Crippen LogP contribution in [0, 0.1) is 6.92 Å². The normalized spacial score (nSPS) is 14.7. The van der Waals surface area contributed by atoms with Crippen LogP contribution in [0.1, 0.15) is 41.8 Å². The topological polar surface area (TPSA) is 89.4 Å². The highest BCUT2D eigenvalue weighted by molar-refractivity contribution is 5.95. The molecule has 24 heavy (non-hydrogen) atoms. The van der Waals surface area contributed by atoms with Crippen LogP contribution >= 0.6 is 0 Å². The minimum absolute atomic E-state index is 0.0397. The third-order valence-corrected chi connectivity index (χ3v) is 4.42. The molecule has 0 unspecified atom stereocenters. The van der Waals surface area contributed by atoms with Crippen molar-refractivity contribution in [3.05, 3.63) is 41.7 Å². The predicted molar refractivity (Wildman–Crippen MR) is 89.2 cm³/mol. The van der Waals surface area contributed by atoms with E-state index in [1.807, 2.05) is 31.2 Å². The maximum absolute atomic E-state index is 12.8.